The van der Waals surface area contributed by atoms with E-state index in [4.69, 9.17) is 4.74 Å². The van der Waals surface area contributed by atoms with Crippen molar-refractivity contribution in [3.8, 4) is 0 Å². The Bertz CT molecular complexity index is 247. The second kappa shape index (κ2) is 5.62. The monoisotopic (exact) mass is 282 g/mol. The molecule has 1 aliphatic rings. The minimum atomic E-state index is -3.98. The third-order valence-electron chi connectivity index (χ3n) is 2.31. The fourth-order valence-corrected chi connectivity index (χ4v) is 1.19. The molecule has 108 valence electrons. The van der Waals surface area contributed by atoms with Crippen molar-refractivity contribution in [3.05, 3.63) is 0 Å². The molecule has 0 bridgehead atoms. The maximum absolute atomic E-state index is 12.5. The van der Waals surface area contributed by atoms with Crippen molar-refractivity contribution in [1.29, 1.82) is 0 Å². The third-order valence-corrected chi connectivity index (χ3v) is 2.31. The van der Waals surface area contributed by atoms with Crippen molar-refractivity contribution in [3.63, 3.8) is 0 Å². The van der Waals surface area contributed by atoms with E-state index in [1.165, 1.54) is 0 Å². The average molecular weight is 282 g/mol. The summed E-state index contributed by atoms with van der Waals surface area (Å²) in [7, 11) is 0. The van der Waals surface area contributed by atoms with Crippen molar-refractivity contribution in [2.24, 2.45) is 5.41 Å². The van der Waals surface area contributed by atoms with Crippen LogP contribution in [0.25, 0.3) is 0 Å². The predicted molar refractivity (Wildman–Crippen MR) is 47.0 cm³/mol. The zero-order chi connectivity index (χ0) is 13.9. The Kier molecular flexibility index (Phi) is 4.84. The molecule has 0 aromatic heterocycles. The summed E-state index contributed by atoms with van der Waals surface area (Å²) in [6.07, 6.45) is -7.96. The number of halogens is 6. The number of ether oxygens (including phenoxy) is 3. The van der Waals surface area contributed by atoms with Gasteiger partial charge < -0.3 is 14.2 Å². The van der Waals surface area contributed by atoms with Gasteiger partial charge in [-0.3, -0.25) is 0 Å². The van der Waals surface area contributed by atoms with Crippen LogP contribution >= 0.6 is 0 Å². The first-order chi connectivity index (χ1) is 8.24. The number of rotatable bonds is 8. The molecule has 3 nitrogen and oxygen atoms in total. The van der Waals surface area contributed by atoms with Crippen molar-refractivity contribution in [2.75, 3.05) is 39.8 Å². The molecule has 0 spiro atoms. The van der Waals surface area contributed by atoms with Crippen molar-refractivity contribution < 1.29 is 40.6 Å². The largest absolute Gasteiger partial charge is 0.384 e. The SMILES string of the molecule is FCC(F)(F)OCC1(COC(F)(F)CF)COC1. The summed E-state index contributed by atoms with van der Waals surface area (Å²) < 4.78 is 86.2. The maximum Gasteiger partial charge on any atom is 0.384 e. The minimum Gasteiger partial charge on any atom is -0.380 e. The fraction of sp³-hybridized carbons (Fsp3) is 1.00. The van der Waals surface area contributed by atoms with Gasteiger partial charge in [-0.2, -0.15) is 17.6 Å². The Morgan fingerprint density at radius 1 is 0.889 bits per heavy atom. The normalized spacial score (nSPS) is 19.7. The molecule has 1 saturated heterocycles. The van der Waals surface area contributed by atoms with Crippen LogP contribution in [0.15, 0.2) is 0 Å². The molecule has 0 aromatic carbocycles. The van der Waals surface area contributed by atoms with Crippen molar-refractivity contribution in [2.45, 2.75) is 12.2 Å². The molecule has 0 unspecified atom stereocenters. The smallest absolute Gasteiger partial charge is 0.380 e. The van der Waals surface area contributed by atoms with Gasteiger partial charge in [0.15, 0.2) is 13.3 Å². The average Bonchev–Trinajstić information content (AvgIpc) is 2.27. The molecule has 0 N–H and O–H groups in total. The van der Waals surface area contributed by atoms with Gasteiger partial charge in [0.1, 0.15) is 0 Å². The highest BCUT2D eigenvalue weighted by molar-refractivity contribution is 4.86. The van der Waals surface area contributed by atoms with Gasteiger partial charge in [-0.1, -0.05) is 0 Å². The Morgan fingerprint density at radius 2 is 1.28 bits per heavy atom. The van der Waals surface area contributed by atoms with Gasteiger partial charge in [0.25, 0.3) is 0 Å². The zero-order valence-corrected chi connectivity index (χ0v) is 9.24. The number of hydrogen-bond donors (Lipinski definition) is 0. The van der Waals surface area contributed by atoms with E-state index < -0.39 is 44.2 Å². The fourth-order valence-electron chi connectivity index (χ4n) is 1.19. The van der Waals surface area contributed by atoms with E-state index in [1.54, 1.807) is 0 Å². The number of hydrogen-bond acceptors (Lipinski definition) is 3. The Labute approximate surface area is 99.0 Å². The number of alkyl halides is 6. The van der Waals surface area contributed by atoms with E-state index in [2.05, 4.69) is 9.47 Å². The van der Waals surface area contributed by atoms with Gasteiger partial charge in [-0.25, -0.2) is 8.78 Å². The lowest BCUT2D eigenvalue weighted by Gasteiger charge is -2.41. The molecule has 0 aliphatic carbocycles. The lowest BCUT2D eigenvalue weighted by atomic mass is 9.88. The second-order valence-electron chi connectivity index (χ2n) is 4.11. The highest BCUT2D eigenvalue weighted by Gasteiger charge is 2.45. The van der Waals surface area contributed by atoms with E-state index >= 15 is 0 Å². The van der Waals surface area contributed by atoms with Crippen LogP contribution in [0.5, 0.6) is 0 Å². The predicted octanol–water partition coefficient (Wildman–Crippen LogP) is 2.16. The molecule has 1 aliphatic heterocycles. The van der Waals surface area contributed by atoms with Crippen molar-refractivity contribution in [1.82, 2.24) is 0 Å². The van der Waals surface area contributed by atoms with Gasteiger partial charge in [0.05, 0.1) is 31.8 Å². The van der Waals surface area contributed by atoms with E-state index in [1.807, 2.05) is 0 Å². The van der Waals surface area contributed by atoms with Crippen LogP contribution in [0.2, 0.25) is 0 Å². The van der Waals surface area contributed by atoms with Gasteiger partial charge >= 0.3 is 12.2 Å². The topological polar surface area (TPSA) is 27.7 Å². The first-order valence-corrected chi connectivity index (χ1v) is 4.97. The first-order valence-electron chi connectivity index (χ1n) is 4.97. The van der Waals surface area contributed by atoms with Crippen molar-refractivity contribution >= 4 is 0 Å². The molecule has 0 amide bonds. The summed E-state index contributed by atoms with van der Waals surface area (Å²) in [5.41, 5.74) is -1.23. The van der Waals surface area contributed by atoms with Gasteiger partial charge in [0.2, 0.25) is 0 Å². The highest BCUT2D eigenvalue weighted by Crippen LogP contribution is 2.33. The quantitative estimate of drug-likeness (QED) is 0.638. The second-order valence-corrected chi connectivity index (χ2v) is 4.11. The Balaban J connectivity index is 2.44. The van der Waals surface area contributed by atoms with Gasteiger partial charge in [-0.15, -0.1) is 0 Å². The van der Waals surface area contributed by atoms with Gasteiger partial charge in [-0.05, 0) is 0 Å². The van der Waals surface area contributed by atoms with Crippen LogP contribution in [-0.4, -0.2) is 52.0 Å². The Morgan fingerprint density at radius 3 is 1.50 bits per heavy atom. The van der Waals surface area contributed by atoms with E-state index in [-0.39, 0.29) is 13.2 Å². The van der Waals surface area contributed by atoms with E-state index in [9.17, 15) is 26.3 Å². The maximum atomic E-state index is 12.5. The molecule has 1 fully saturated rings. The highest BCUT2D eigenvalue weighted by atomic mass is 19.3. The van der Waals surface area contributed by atoms with Crippen LogP contribution < -0.4 is 0 Å². The molecule has 18 heavy (non-hydrogen) atoms. The molecule has 0 aromatic rings. The summed E-state index contributed by atoms with van der Waals surface area (Å²) in [6.45, 7) is -5.79. The zero-order valence-electron chi connectivity index (χ0n) is 9.24. The lowest BCUT2D eigenvalue weighted by molar-refractivity contribution is -0.310. The molecular weight excluding hydrogens is 270 g/mol. The Hall–Kier alpha value is -0.540. The summed E-state index contributed by atoms with van der Waals surface area (Å²) in [5.74, 6) is 0. The molecule has 1 rings (SSSR count). The van der Waals surface area contributed by atoms with E-state index in [0.29, 0.717) is 0 Å². The van der Waals surface area contributed by atoms with Crippen LogP contribution in [0.4, 0.5) is 26.3 Å². The first kappa shape index (κ1) is 15.5. The lowest BCUT2D eigenvalue weighted by Crippen LogP contribution is -2.52. The third kappa shape index (κ3) is 4.29. The minimum absolute atomic E-state index is 0.155. The molecule has 0 saturated carbocycles. The molecule has 0 atom stereocenters. The summed E-state index contributed by atoms with van der Waals surface area (Å²) in [4.78, 5) is 0. The van der Waals surface area contributed by atoms with Crippen LogP contribution in [0.1, 0.15) is 0 Å². The standard InChI is InChI=1S/C9H12F6O3/c10-1-8(12,13)17-5-7(3-16-4-7)6-18-9(14,15)2-11/h1-6H2. The molecule has 0 radical (unpaired) electrons. The summed E-state index contributed by atoms with van der Waals surface area (Å²) in [5, 5.41) is 0. The summed E-state index contributed by atoms with van der Waals surface area (Å²) in [6, 6.07) is 0. The van der Waals surface area contributed by atoms with Crippen LogP contribution in [0, 0.1) is 5.41 Å². The van der Waals surface area contributed by atoms with Gasteiger partial charge in [0, 0.05) is 0 Å². The van der Waals surface area contributed by atoms with Crippen LogP contribution in [0.3, 0.4) is 0 Å². The van der Waals surface area contributed by atoms with E-state index in [0.717, 1.165) is 0 Å². The van der Waals surface area contributed by atoms with Crippen LogP contribution in [-0.2, 0) is 14.2 Å². The summed E-state index contributed by atoms with van der Waals surface area (Å²) >= 11 is 0. The molecular formula is C9H12F6O3. The molecule has 1 heterocycles. The molecule has 9 heteroatoms.